The van der Waals surface area contributed by atoms with Crippen molar-refractivity contribution in [3.63, 3.8) is 0 Å². The van der Waals surface area contributed by atoms with Crippen LogP contribution in [0.15, 0.2) is 24.3 Å². The fourth-order valence-electron chi connectivity index (χ4n) is 3.35. The van der Waals surface area contributed by atoms with E-state index < -0.39 is 5.97 Å². The Labute approximate surface area is 152 Å². The number of rotatable bonds is 5. The molecule has 1 aromatic heterocycles. The van der Waals surface area contributed by atoms with Gasteiger partial charge in [0, 0.05) is 31.3 Å². The van der Waals surface area contributed by atoms with Crippen molar-refractivity contribution in [3.8, 4) is 0 Å². The number of ether oxygens (including phenoxy) is 1. The molecule has 7 heteroatoms. The summed E-state index contributed by atoms with van der Waals surface area (Å²) in [6.45, 7) is 3.89. The van der Waals surface area contributed by atoms with Gasteiger partial charge in [-0.05, 0) is 43.0 Å². The normalized spacial score (nSPS) is 17.3. The molecule has 1 aliphatic heterocycles. The minimum absolute atomic E-state index is 0.0614. The summed E-state index contributed by atoms with van der Waals surface area (Å²) < 4.78 is 4.79. The third-order valence-electron chi connectivity index (χ3n) is 4.57. The van der Waals surface area contributed by atoms with E-state index in [1.165, 1.54) is 13.5 Å². The van der Waals surface area contributed by atoms with Gasteiger partial charge in [-0.3, -0.25) is 4.79 Å². The van der Waals surface area contributed by atoms with Crippen LogP contribution in [0.3, 0.4) is 0 Å². The SMILES string of the molecule is COCC(=O)Nc1ccc2nc(N3CCCC(C)C3)cc(C(=O)O)c2c1. The summed E-state index contributed by atoms with van der Waals surface area (Å²) in [5.74, 6) is -0.0507. The fourth-order valence-corrected chi connectivity index (χ4v) is 3.35. The van der Waals surface area contributed by atoms with Crippen molar-refractivity contribution in [2.75, 3.05) is 37.0 Å². The van der Waals surface area contributed by atoms with E-state index in [1.807, 2.05) is 0 Å². The number of benzene rings is 1. The number of aromatic carboxylic acids is 1. The smallest absolute Gasteiger partial charge is 0.336 e. The summed E-state index contributed by atoms with van der Waals surface area (Å²) in [4.78, 5) is 30.3. The minimum Gasteiger partial charge on any atom is -0.478 e. The predicted octanol–water partition coefficient (Wildman–Crippen LogP) is 2.75. The molecule has 0 radical (unpaired) electrons. The second kappa shape index (κ2) is 7.70. The number of carboxylic acid groups (broad SMARTS) is 1. The lowest BCUT2D eigenvalue weighted by Gasteiger charge is -2.32. The van der Waals surface area contributed by atoms with Crippen LogP contribution in [0.2, 0.25) is 0 Å². The van der Waals surface area contributed by atoms with E-state index in [1.54, 1.807) is 24.3 Å². The first-order chi connectivity index (χ1) is 12.5. The zero-order chi connectivity index (χ0) is 18.7. The molecule has 1 amide bonds. The van der Waals surface area contributed by atoms with Gasteiger partial charge in [-0.2, -0.15) is 0 Å². The van der Waals surface area contributed by atoms with Crippen LogP contribution in [-0.4, -0.2) is 48.8 Å². The Bertz CT molecular complexity index is 837. The van der Waals surface area contributed by atoms with Crippen LogP contribution in [0.4, 0.5) is 11.5 Å². The number of nitrogens with one attached hydrogen (secondary N) is 1. The van der Waals surface area contributed by atoms with Crippen molar-refractivity contribution in [3.05, 3.63) is 29.8 Å². The lowest BCUT2D eigenvalue weighted by molar-refractivity contribution is -0.119. The van der Waals surface area contributed by atoms with Crippen LogP contribution in [0.5, 0.6) is 0 Å². The maximum absolute atomic E-state index is 11.8. The Hall–Kier alpha value is -2.67. The average Bonchev–Trinajstić information content (AvgIpc) is 2.60. The van der Waals surface area contributed by atoms with E-state index in [4.69, 9.17) is 4.74 Å². The molecule has 1 fully saturated rings. The molecule has 2 N–H and O–H groups in total. The highest BCUT2D eigenvalue weighted by Crippen LogP contribution is 2.28. The summed E-state index contributed by atoms with van der Waals surface area (Å²) in [6.07, 6.45) is 2.26. The molecule has 2 heterocycles. The molecule has 1 atom stereocenters. The van der Waals surface area contributed by atoms with Gasteiger partial charge in [-0.25, -0.2) is 9.78 Å². The van der Waals surface area contributed by atoms with Gasteiger partial charge in [-0.1, -0.05) is 6.92 Å². The molecule has 3 rings (SSSR count). The second-order valence-electron chi connectivity index (χ2n) is 6.74. The molecule has 2 aromatic rings. The Morgan fingerprint density at radius 3 is 2.88 bits per heavy atom. The van der Waals surface area contributed by atoms with Crippen molar-refractivity contribution >= 4 is 34.3 Å². The van der Waals surface area contributed by atoms with Gasteiger partial charge in [0.1, 0.15) is 12.4 Å². The third-order valence-corrected chi connectivity index (χ3v) is 4.57. The van der Waals surface area contributed by atoms with E-state index in [-0.39, 0.29) is 18.1 Å². The summed E-state index contributed by atoms with van der Waals surface area (Å²) in [7, 11) is 1.44. The number of anilines is 2. The standard InChI is InChI=1S/C19H23N3O4/c1-12-4-3-7-22(10-12)17-9-15(19(24)25)14-8-13(5-6-16(14)21-17)20-18(23)11-26-2/h5-6,8-9,12H,3-4,7,10-11H2,1-2H3,(H,20,23)(H,24,25). The Morgan fingerprint density at radius 2 is 2.19 bits per heavy atom. The highest BCUT2D eigenvalue weighted by molar-refractivity contribution is 6.05. The number of pyridine rings is 1. The highest BCUT2D eigenvalue weighted by atomic mass is 16.5. The van der Waals surface area contributed by atoms with Crippen LogP contribution >= 0.6 is 0 Å². The maximum Gasteiger partial charge on any atom is 0.336 e. The first kappa shape index (κ1) is 18.1. The molecule has 0 saturated carbocycles. The molecular weight excluding hydrogens is 334 g/mol. The monoisotopic (exact) mass is 357 g/mol. The van der Waals surface area contributed by atoms with E-state index in [2.05, 4.69) is 22.1 Å². The molecule has 0 bridgehead atoms. The highest BCUT2D eigenvalue weighted by Gasteiger charge is 2.20. The summed E-state index contributed by atoms with van der Waals surface area (Å²) >= 11 is 0. The average molecular weight is 357 g/mol. The largest absolute Gasteiger partial charge is 0.478 e. The predicted molar refractivity (Wildman–Crippen MR) is 99.8 cm³/mol. The van der Waals surface area contributed by atoms with E-state index >= 15 is 0 Å². The number of nitrogens with zero attached hydrogens (tertiary/aromatic N) is 2. The summed E-state index contributed by atoms with van der Waals surface area (Å²) in [5, 5.41) is 12.9. The number of carbonyl (C=O) groups excluding carboxylic acids is 1. The van der Waals surface area contributed by atoms with Crippen LogP contribution in [0.25, 0.3) is 10.9 Å². The van der Waals surface area contributed by atoms with Gasteiger partial charge in [0.2, 0.25) is 5.91 Å². The number of aromatic nitrogens is 1. The van der Waals surface area contributed by atoms with Crippen molar-refractivity contribution in [2.45, 2.75) is 19.8 Å². The first-order valence-corrected chi connectivity index (χ1v) is 8.69. The molecule has 7 nitrogen and oxygen atoms in total. The number of piperidine rings is 1. The van der Waals surface area contributed by atoms with Gasteiger partial charge in [0.05, 0.1) is 11.1 Å². The van der Waals surface area contributed by atoms with Crippen molar-refractivity contribution in [1.29, 1.82) is 0 Å². The minimum atomic E-state index is -1.01. The van der Waals surface area contributed by atoms with Gasteiger partial charge >= 0.3 is 5.97 Å². The number of methoxy groups -OCH3 is 1. The van der Waals surface area contributed by atoms with Gasteiger partial charge in [0.25, 0.3) is 0 Å². The van der Waals surface area contributed by atoms with Crippen LogP contribution in [-0.2, 0) is 9.53 Å². The Balaban J connectivity index is 1.99. The first-order valence-electron chi connectivity index (χ1n) is 8.69. The molecule has 1 unspecified atom stereocenters. The molecule has 0 spiro atoms. The third kappa shape index (κ3) is 3.94. The molecule has 0 aliphatic carbocycles. The zero-order valence-electron chi connectivity index (χ0n) is 15.0. The fraction of sp³-hybridized carbons (Fsp3) is 0.421. The second-order valence-corrected chi connectivity index (χ2v) is 6.74. The summed E-state index contributed by atoms with van der Waals surface area (Å²) in [5.41, 5.74) is 1.30. The van der Waals surface area contributed by atoms with Crippen LogP contribution in [0, 0.1) is 5.92 Å². The van der Waals surface area contributed by atoms with Crippen molar-refractivity contribution in [2.24, 2.45) is 5.92 Å². The van der Waals surface area contributed by atoms with Crippen molar-refractivity contribution in [1.82, 2.24) is 4.98 Å². The molecule has 1 saturated heterocycles. The Morgan fingerprint density at radius 1 is 1.38 bits per heavy atom. The van der Waals surface area contributed by atoms with Crippen LogP contribution in [0.1, 0.15) is 30.1 Å². The van der Waals surface area contributed by atoms with Gasteiger partial charge < -0.3 is 20.1 Å². The number of amides is 1. The number of hydrogen-bond acceptors (Lipinski definition) is 5. The summed E-state index contributed by atoms with van der Waals surface area (Å²) in [6, 6.07) is 6.73. The molecule has 138 valence electrons. The Kier molecular flexibility index (Phi) is 5.37. The van der Waals surface area contributed by atoms with E-state index in [9.17, 15) is 14.7 Å². The molecule has 1 aliphatic rings. The molecule has 26 heavy (non-hydrogen) atoms. The number of carbonyl (C=O) groups is 2. The zero-order valence-corrected chi connectivity index (χ0v) is 15.0. The van der Waals surface area contributed by atoms with Gasteiger partial charge in [0.15, 0.2) is 0 Å². The lowest BCUT2D eigenvalue weighted by atomic mass is 10.00. The van der Waals surface area contributed by atoms with Crippen molar-refractivity contribution < 1.29 is 19.4 Å². The topological polar surface area (TPSA) is 91.8 Å². The van der Waals surface area contributed by atoms with E-state index in [0.717, 1.165) is 19.5 Å². The quantitative estimate of drug-likeness (QED) is 0.855. The number of fused-ring (bicyclic) bond motifs is 1. The van der Waals surface area contributed by atoms with Gasteiger partial charge in [-0.15, -0.1) is 0 Å². The number of hydrogen-bond donors (Lipinski definition) is 2. The number of carboxylic acids is 1. The molecule has 1 aromatic carbocycles. The molecular formula is C19H23N3O4. The van der Waals surface area contributed by atoms with Crippen LogP contribution < -0.4 is 10.2 Å². The lowest BCUT2D eigenvalue weighted by Crippen LogP contribution is -2.35. The maximum atomic E-state index is 11.8. The van der Waals surface area contributed by atoms with E-state index in [0.29, 0.717) is 28.3 Å².